The summed E-state index contributed by atoms with van der Waals surface area (Å²) in [7, 11) is 0. The number of aromatic nitrogens is 2. The average Bonchev–Trinajstić information content (AvgIpc) is 3.26. The second-order valence-electron chi connectivity index (χ2n) is 15.3. The Bertz CT molecular complexity index is 1270. The van der Waals surface area contributed by atoms with Gasteiger partial charge in [0.15, 0.2) is 11.9 Å². The lowest BCUT2D eigenvalue weighted by Gasteiger charge is -2.28. The number of imide groups is 1. The molecule has 3 atom stereocenters. The number of anilines is 1. The summed E-state index contributed by atoms with van der Waals surface area (Å²) >= 11 is 0. The number of rotatable bonds is 20. The Morgan fingerprint density at radius 1 is 0.843 bits per heavy atom. The van der Waals surface area contributed by atoms with Gasteiger partial charge in [0.05, 0.1) is 6.61 Å². The van der Waals surface area contributed by atoms with Crippen LogP contribution in [0.3, 0.4) is 0 Å². The number of carbonyl (C=O) groups is 3. The number of amides is 2. The maximum atomic E-state index is 15.7. The maximum absolute atomic E-state index is 15.7. The van der Waals surface area contributed by atoms with Crippen molar-refractivity contribution in [1.82, 2.24) is 9.55 Å². The number of esters is 1. The van der Waals surface area contributed by atoms with Crippen LogP contribution in [0.4, 0.5) is 24.2 Å². The Kier molecular flexibility index (Phi) is 18.0. The molecule has 0 aliphatic carbocycles. The van der Waals surface area contributed by atoms with E-state index in [0.717, 1.165) is 37.9 Å². The number of nitrogens with zero attached hydrogens (tertiary/aromatic N) is 3. The van der Waals surface area contributed by atoms with Crippen molar-refractivity contribution >= 4 is 24.0 Å². The van der Waals surface area contributed by atoms with Crippen molar-refractivity contribution in [1.29, 1.82) is 0 Å². The molecule has 0 bridgehead atoms. The lowest BCUT2D eigenvalue weighted by Crippen LogP contribution is -2.46. The number of unbranched alkanes of at least 4 members (excludes halogenated alkanes) is 14. The smallest absolute Gasteiger partial charge is 0.425 e. The van der Waals surface area contributed by atoms with E-state index in [2.05, 4.69) is 11.9 Å². The first kappa shape index (κ1) is 44.0. The first-order valence-corrected chi connectivity index (χ1v) is 18.6. The van der Waals surface area contributed by atoms with Gasteiger partial charge < -0.3 is 24.1 Å². The van der Waals surface area contributed by atoms with E-state index in [1.54, 1.807) is 41.5 Å². The van der Waals surface area contributed by atoms with E-state index in [1.807, 2.05) is 0 Å². The molecule has 2 amide bonds. The molecular formula is C37H61F2N3O9. The third kappa shape index (κ3) is 15.2. The number of halogens is 2. The van der Waals surface area contributed by atoms with Gasteiger partial charge in [-0.05, 0) is 54.0 Å². The second kappa shape index (κ2) is 20.8. The molecule has 0 saturated carbocycles. The summed E-state index contributed by atoms with van der Waals surface area (Å²) in [5.74, 6) is -5.34. The lowest BCUT2D eigenvalue weighted by molar-refractivity contribution is -0.176. The van der Waals surface area contributed by atoms with Gasteiger partial charge in [-0.15, -0.1) is 0 Å². The molecule has 292 valence electrons. The van der Waals surface area contributed by atoms with Crippen molar-refractivity contribution < 1.29 is 47.2 Å². The van der Waals surface area contributed by atoms with Gasteiger partial charge in [0.25, 0.3) is 0 Å². The number of carbonyl (C=O) groups excluding carboxylic acids is 3. The molecule has 1 aromatic rings. The minimum atomic E-state index is -3.94. The number of alkyl halides is 2. The standard InChI is InChI=1S/C37H61F2N3O9/c1-8-9-10-11-12-13-14-15-16-17-18-19-20-21-22-23-29(44)49-30-27(26-43)48-31(37(30,38)39)41-25-24-28(40-32(41)45)42(33(46)50-35(2,3)4)34(47)51-36(5,6)7/h24-25,27,30-31,43H,8-23,26H2,1-7H3/t27-,30-,31-/m1/s1. The molecule has 0 unspecified atom stereocenters. The van der Waals surface area contributed by atoms with E-state index in [1.165, 1.54) is 64.2 Å². The minimum Gasteiger partial charge on any atom is -0.453 e. The highest BCUT2D eigenvalue weighted by molar-refractivity contribution is 6.08. The highest BCUT2D eigenvalue weighted by atomic mass is 19.3. The van der Waals surface area contributed by atoms with Crippen LogP contribution >= 0.6 is 0 Å². The Balaban J connectivity index is 1.93. The number of hydrogen-bond donors (Lipinski definition) is 1. The van der Waals surface area contributed by atoms with Crippen molar-refractivity contribution in [2.45, 2.75) is 187 Å². The third-order valence-corrected chi connectivity index (χ3v) is 8.22. The third-order valence-electron chi connectivity index (χ3n) is 8.22. The fourth-order valence-corrected chi connectivity index (χ4v) is 5.68. The molecule has 51 heavy (non-hydrogen) atoms. The van der Waals surface area contributed by atoms with Crippen LogP contribution in [0.2, 0.25) is 0 Å². The van der Waals surface area contributed by atoms with Gasteiger partial charge >= 0.3 is 29.8 Å². The van der Waals surface area contributed by atoms with E-state index in [0.29, 0.717) is 15.9 Å². The second-order valence-corrected chi connectivity index (χ2v) is 15.3. The number of hydrogen-bond acceptors (Lipinski definition) is 10. The molecule has 2 heterocycles. The Morgan fingerprint density at radius 3 is 1.71 bits per heavy atom. The van der Waals surface area contributed by atoms with Crippen molar-refractivity contribution in [3.63, 3.8) is 0 Å². The summed E-state index contributed by atoms with van der Waals surface area (Å²) in [6.07, 6.45) is 9.53. The Hall–Kier alpha value is -3.13. The summed E-state index contributed by atoms with van der Waals surface area (Å²) in [6.45, 7) is 10.7. The predicted octanol–water partition coefficient (Wildman–Crippen LogP) is 8.62. The summed E-state index contributed by atoms with van der Waals surface area (Å²) in [5.41, 5.74) is -3.38. The molecule has 1 N–H and O–H groups in total. The highest BCUT2D eigenvalue weighted by Gasteiger charge is 2.62. The Labute approximate surface area is 301 Å². The molecule has 12 nitrogen and oxygen atoms in total. The van der Waals surface area contributed by atoms with Crippen molar-refractivity contribution in [3.05, 3.63) is 22.7 Å². The van der Waals surface area contributed by atoms with Crippen LogP contribution in [0.15, 0.2) is 17.1 Å². The quantitative estimate of drug-likeness (QED) is 0.0786. The van der Waals surface area contributed by atoms with Crippen molar-refractivity contribution in [2.75, 3.05) is 11.5 Å². The lowest BCUT2D eigenvalue weighted by atomic mass is 10.0. The zero-order valence-corrected chi connectivity index (χ0v) is 31.7. The van der Waals surface area contributed by atoms with Crippen molar-refractivity contribution in [2.24, 2.45) is 0 Å². The monoisotopic (exact) mass is 729 g/mol. The summed E-state index contributed by atoms with van der Waals surface area (Å²) in [6, 6.07) is 0.971. The van der Waals surface area contributed by atoms with Gasteiger partial charge in [-0.3, -0.25) is 9.36 Å². The van der Waals surface area contributed by atoms with Gasteiger partial charge in [0.1, 0.15) is 17.3 Å². The summed E-state index contributed by atoms with van der Waals surface area (Å²) in [5, 5.41) is 9.80. The largest absolute Gasteiger partial charge is 0.453 e. The molecule has 1 saturated heterocycles. The van der Waals surface area contributed by atoms with Crippen LogP contribution in [0.25, 0.3) is 0 Å². The zero-order chi connectivity index (χ0) is 38.2. The molecule has 14 heteroatoms. The van der Waals surface area contributed by atoms with Gasteiger partial charge in [0.2, 0.25) is 6.23 Å². The normalized spacial score (nSPS) is 18.7. The van der Waals surface area contributed by atoms with E-state index < -0.39 is 71.8 Å². The van der Waals surface area contributed by atoms with Crippen molar-refractivity contribution in [3.8, 4) is 0 Å². The summed E-state index contributed by atoms with van der Waals surface area (Å²) in [4.78, 5) is 55.5. The molecule has 1 aliphatic rings. The molecule has 1 aromatic heterocycles. The SMILES string of the molecule is CCCCCCCCCCCCCCCCCC(=O)O[C@@H]1[C@@H](CO)O[C@@H](n2ccc(N(C(=O)OC(C)(C)C)C(=O)OC(C)(C)C)nc2=O)C1(F)F. The van der Waals surface area contributed by atoms with Crippen LogP contribution < -0.4 is 10.6 Å². The minimum absolute atomic E-state index is 0.0744. The maximum Gasteiger partial charge on any atom is 0.425 e. The Morgan fingerprint density at radius 2 is 1.29 bits per heavy atom. The van der Waals surface area contributed by atoms with Crippen LogP contribution in [-0.4, -0.2) is 68.8 Å². The number of aliphatic hydroxyl groups excluding tert-OH is 1. The van der Waals surface area contributed by atoms with Crippen LogP contribution in [0, 0.1) is 0 Å². The molecule has 0 spiro atoms. The first-order valence-electron chi connectivity index (χ1n) is 18.6. The predicted molar refractivity (Wildman–Crippen MR) is 189 cm³/mol. The molecule has 1 aliphatic heterocycles. The average molecular weight is 730 g/mol. The molecule has 1 fully saturated rings. The highest BCUT2D eigenvalue weighted by Crippen LogP contribution is 2.44. The fourth-order valence-electron chi connectivity index (χ4n) is 5.68. The topological polar surface area (TPSA) is 146 Å². The van der Waals surface area contributed by atoms with E-state index in [4.69, 9.17) is 18.9 Å². The summed E-state index contributed by atoms with van der Waals surface area (Å²) < 4.78 is 52.8. The molecular weight excluding hydrogens is 668 g/mol. The molecule has 2 rings (SSSR count). The van der Waals surface area contributed by atoms with Crippen LogP contribution in [0.1, 0.15) is 157 Å². The first-order chi connectivity index (χ1) is 23.9. The van der Waals surface area contributed by atoms with Crippen LogP contribution in [-0.2, 0) is 23.7 Å². The van der Waals surface area contributed by atoms with Gasteiger partial charge in [-0.25, -0.2) is 14.4 Å². The molecule has 0 radical (unpaired) electrons. The van der Waals surface area contributed by atoms with E-state index >= 15 is 8.78 Å². The number of ether oxygens (including phenoxy) is 4. The zero-order valence-electron chi connectivity index (χ0n) is 31.7. The van der Waals surface area contributed by atoms with Gasteiger partial charge in [0, 0.05) is 12.6 Å². The van der Waals surface area contributed by atoms with E-state index in [9.17, 15) is 24.3 Å². The van der Waals surface area contributed by atoms with Gasteiger partial charge in [-0.1, -0.05) is 96.8 Å². The number of aliphatic hydroxyl groups is 1. The van der Waals surface area contributed by atoms with Crippen LogP contribution in [0.5, 0.6) is 0 Å². The molecule has 0 aromatic carbocycles. The van der Waals surface area contributed by atoms with E-state index in [-0.39, 0.29) is 6.42 Å². The van der Waals surface area contributed by atoms with Gasteiger partial charge in [-0.2, -0.15) is 18.7 Å². The fraction of sp³-hybridized carbons (Fsp3) is 0.811.